The quantitative estimate of drug-likeness (QED) is 0.350. The standard InChI is InChI=1S/C26H38FN3O3/c1-5-6-7-8-9-10-11-13-19-15-16-20(18-21(19)27)23-28-24(33-29-23)22-14-12-17-30(22)25(31)32-26(2,3)4/h15-16,18,22H,5-14,17H2,1-4H3/t22-/m0/s1. The fourth-order valence-electron chi connectivity index (χ4n) is 4.21. The third-order valence-electron chi connectivity index (χ3n) is 5.97. The van der Waals surface area contributed by atoms with Gasteiger partial charge in [0, 0.05) is 12.1 Å². The Balaban J connectivity index is 1.58. The van der Waals surface area contributed by atoms with Crippen LogP contribution in [-0.2, 0) is 11.2 Å². The van der Waals surface area contributed by atoms with Gasteiger partial charge in [0.2, 0.25) is 11.7 Å². The van der Waals surface area contributed by atoms with E-state index in [4.69, 9.17) is 9.26 Å². The molecule has 1 fully saturated rings. The van der Waals surface area contributed by atoms with Crippen molar-refractivity contribution in [3.8, 4) is 11.4 Å². The first-order chi connectivity index (χ1) is 15.8. The minimum Gasteiger partial charge on any atom is -0.444 e. The molecular formula is C26H38FN3O3. The van der Waals surface area contributed by atoms with Crippen molar-refractivity contribution in [2.45, 2.75) is 104 Å². The maximum Gasteiger partial charge on any atom is 0.410 e. The van der Waals surface area contributed by atoms with Gasteiger partial charge in [0.15, 0.2) is 0 Å². The van der Waals surface area contributed by atoms with Crippen LogP contribution in [0.2, 0.25) is 0 Å². The van der Waals surface area contributed by atoms with Gasteiger partial charge >= 0.3 is 6.09 Å². The molecule has 6 nitrogen and oxygen atoms in total. The molecule has 0 bridgehead atoms. The van der Waals surface area contributed by atoms with Crippen molar-refractivity contribution in [2.24, 2.45) is 0 Å². The fourth-order valence-corrected chi connectivity index (χ4v) is 4.21. The summed E-state index contributed by atoms with van der Waals surface area (Å²) in [5, 5.41) is 4.05. The topological polar surface area (TPSA) is 68.5 Å². The maximum atomic E-state index is 14.7. The minimum atomic E-state index is -0.571. The number of likely N-dealkylation sites (tertiary alicyclic amines) is 1. The highest BCUT2D eigenvalue weighted by Crippen LogP contribution is 2.33. The first kappa shape index (κ1) is 25.2. The zero-order valence-electron chi connectivity index (χ0n) is 20.5. The summed E-state index contributed by atoms with van der Waals surface area (Å²) in [4.78, 5) is 18.7. The highest BCUT2D eigenvalue weighted by atomic mass is 19.1. The van der Waals surface area contributed by atoms with Crippen LogP contribution in [0.3, 0.4) is 0 Å². The van der Waals surface area contributed by atoms with Crippen LogP contribution in [0.25, 0.3) is 11.4 Å². The number of nitrogens with zero attached hydrogens (tertiary/aromatic N) is 3. The number of ether oxygens (including phenoxy) is 1. The number of rotatable bonds is 10. The summed E-state index contributed by atoms with van der Waals surface area (Å²) < 4.78 is 25.7. The highest BCUT2D eigenvalue weighted by Gasteiger charge is 2.36. The van der Waals surface area contributed by atoms with E-state index in [1.807, 2.05) is 32.9 Å². The molecule has 182 valence electrons. The van der Waals surface area contributed by atoms with Gasteiger partial charge in [-0.1, -0.05) is 62.7 Å². The minimum absolute atomic E-state index is 0.235. The molecule has 1 aliphatic heterocycles. The maximum absolute atomic E-state index is 14.7. The summed E-state index contributed by atoms with van der Waals surface area (Å²) in [6.45, 7) is 8.32. The van der Waals surface area contributed by atoms with Crippen molar-refractivity contribution >= 4 is 6.09 Å². The average Bonchev–Trinajstić information content (AvgIpc) is 3.42. The lowest BCUT2D eigenvalue weighted by Crippen LogP contribution is -2.36. The predicted octanol–water partition coefficient (Wildman–Crippen LogP) is 7.24. The van der Waals surface area contributed by atoms with Crippen molar-refractivity contribution in [3.63, 3.8) is 0 Å². The Labute approximate surface area is 196 Å². The van der Waals surface area contributed by atoms with Crippen molar-refractivity contribution in [3.05, 3.63) is 35.5 Å². The number of aryl methyl sites for hydroxylation is 1. The second-order valence-electron chi connectivity index (χ2n) is 9.97. The Bertz CT molecular complexity index is 906. The number of hydrogen-bond donors (Lipinski definition) is 0. The Morgan fingerprint density at radius 3 is 2.61 bits per heavy atom. The molecule has 1 aromatic heterocycles. The molecule has 0 unspecified atom stereocenters. The monoisotopic (exact) mass is 459 g/mol. The molecule has 1 atom stereocenters. The van der Waals surface area contributed by atoms with Gasteiger partial charge in [0.05, 0.1) is 0 Å². The number of halogens is 1. The van der Waals surface area contributed by atoms with Crippen molar-refractivity contribution < 1.29 is 18.4 Å². The largest absolute Gasteiger partial charge is 0.444 e. The summed E-state index contributed by atoms with van der Waals surface area (Å²) in [6.07, 6.45) is 10.4. The van der Waals surface area contributed by atoms with Crippen LogP contribution >= 0.6 is 0 Å². The molecule has 0 spiro atoms. The van der Waals surface area contributed by atoms with Crippen LogP contribution in [0.5, 0.6) is 0 Å². The smallest absolute Gasteiger partial charge is 0.410 e. The number of carbonyl (C=O) groups excluding carboxylic acids is 1. The van der Waals surface area contributed by atoms with E-state index in [0.29, 0.717) is 23.8 Å². The van der Waals surface area contributed by atoms with Gasteiger partial charge in [-0.25, -0.2) is 9.18 Å². The highest BCUT2D eigenvalue weighted by molar-refractivity contribution is 5.69. The Hall–Kier alpha value is -2.44. The predicted molar refractivity (Wildman–Crippen MR) is 126 cm³/mol. The lowest BCUT2D eigenvalue weighted by molar-refractivity contribution is 0.0199. The molecule has 2 heterocycles. The molecule has 1 amide bonds. The SMILES string of the molecule is CCCCCCCCCc1ccc(-c2noc([C@@H]3CCCN3C(=O)OC(C)(C)C)n2)cc1F. The zero-order valence-corrected chi connectivity index (χ0v) is 20.5. The van der Waals surface area contributed by atoms with E-state index >= 15 is 0 Å². The Morgan fingerprint density at radius 2 is 1.91 bits per heavy atom. The molecule has 7 heteroatoms. The summed E-state index contributed by atoms with van der Waals surface area (Å²) in [6, 6.07) is 4.82. The number of amides is 1. The van der Waals surface area contributed by atoms with E-state index in [9.17, 15) is 9.18 Å². The zero-order chi connectivity index (χ0) is 23.8. The molecule has 1 saturated heterocycles. The Morgan fingerprint density at radius 1 is 1.18 bits per heavy atom. The molecule has 1 aromatic carbocycles. The van der Waals surface area contributed by atoms with E-state index in [-0.39, 0.29) is 18.0 Å². The molecular weight excluding hydrogens is 421 g/mol. The summed E-state index contributed by atoms with van der Waals surface area (Å²) in [5.41, 5.74) is 0.731. The number of carbonyl (C=O) groups is 1. The summed E-state index contributed by atoms with van der Waals surface area (Å²) >= 11 is 0. The summed E-state index contributed by atoms with van der Waals surface area (Å²) in [5.74, 6) is 0.462. The van der Waals surface area contributed by atoms with Gasteiger partial charge in [0.25, 0.3) is 0 Å². The van der Waals surface area contributed by atoms with Gasteiger partial charge in [0.1, 0.15) is 17.5 Å². The van der Waals surface area contributed by atoms with Crippen LogP contribution in [-0.4, -0.2) is 33.3 Å². The Kier molecular flexibility index (Phi) is 8.87. The number of aromatic nitrogens is 2. The van der Waals surface area contributed by atoms with Crippen LogP contribution in [0.4, 0.5) is 9.18 Å². The molecule has 0 aliphatic carbocycles. The fraction of sp³-hybridized carbons (Fsp3) is 0.654. The van der Waals surface area contributed by atoms with E-state index in [1.54, 1.807) is 4.90 Å². The second kappa shape index (κ2) is 11.6. The van der Waals surface area contributed by atoms with Gasteiger partial charge in [-0.2, -0.15) is 4.98 Å². The molecule has 1 aliphatic rings. The van der Waals surface area contributed by atoms with Crippen LogP contribution in [0, 0.1) is 5.82 Å². The number of hydrogen-bond acceptors (Lipinski definition) is 5. The van der Waals surface area contributed by atoms with Gasteiger partial charge in [-0.05, 0) is 58.1 Å². The molecule has 0 saturated carbocycles. The van der Waals surface area contributed by atoms with Gasteiger partial charge < -0.3 is 9.26 Å². The van der Waals surface area contributed by atoms with Gasteiger partial charge in [-0.15, -0.1) is 0 Å². The number of unbranched alkanes of at least 4 members (excludes halogenated alkanes) is 6. The van der Waals surface area contributed by atoms with Crippen LogP contribution < -0.4 is 0 Å². The van der Waals surface area contributed by atoms with Crippen molar-refractivity contribution in [2.75, 3.05) is 6.54 Å². The van der Waals surface area contributed by atoms with Gasteiger partial charge in [-0.3, -0.25) is 4.90 Å². The third kappa shape index (κ3) is 7.27. The first-order valence-electron chi connectivity index (χ1n) is 12.4. The molecule has 0 radical (unpaired) electrons. The lowest BCUT2D eigenvalue weighted by Gasteiger charge is -2.26. The van der Waals surface area contributed by atoms with E-state index in [0.717, 1.165) is 37.7 Å². The van der Waals surface area contributed by atoms with Crippen LogP contribution in [0.1, 0.15) is 103 Å². The van der Waals surface area contributed by atoms with Crippen LogP contribution in [0.15, 0.2) is 22.7 Å². The third-order valence-corrected chi connectivity index (χ3v) is 5.97. The normalized spacial score (nSPS) is 16.4. The van der Waals surface area contributed by atoms with Crippen molar-refractivity contribution in [1.82, 2.24) is 15.0 Å². The molecule has 33 heavy (non-hydrogen) atoms. The van der Waals surface area contributed by atoms with E-state index < -0.39 is 5.60 Å². The first-order valence-corrected chi connectivity index (χ1v) is 12.4. The van der Waals surface area contributed by atoms with Crippen molar-refractivity contribution in [1.29, 1.82) is 0 Å². The summed E-state index contributed by atoms with van der Waals surface area (Å²) in [7, 11) is 0. The number of benzene rings is 1. The van der Waals surface area contributed by atoms with E-state index in [1.165, 1.54) is 38.2 Å². The molecule has 0 N–H and O–H groups in total. The lowest BCUT2D eigenvalue weighted by atomic mass is 10.0. The van der Waals surface area contributed by atoms with E-state index in [2.05, 4.69) is 17.1 Å². The molecule has 2 aromatic rings. The second-order valence-corrected chi connectivity index (χ2v) is 9.97. The molecule has 3 rings (SSSR count). The average molecular weight is 460 g/mol.